The summed E-state index contributed by atoms with van der Waals surface area (Å²) in [5, 5.41) is 33.1. The van der Waals surface area contributed by atoms with Crippen molar-refractivity contribution in [3.05, 3.63) is 69.7 Å². The average molecular weight is 410 g/mol. The van der Waals surface area contributed by atoms with Gasteiger partial charge in [-0.15, -0.1) is 0 Å². The molecule has 0 amide bonds. The van der Waals surface area contributed by atoms with Gasteiger partial charge in [-0.3, -0.25) is 0 Å². The van der Waals surface area contributed by atoms with Crippen LogP contribution in [0.3, 0.4) is 0 Å². The van der Waals surface area contributed by atoms with Crippen LogP contribution in [0, 0.1) is 0 Å². The third kappa shape index (κ3) is 5.23. The van der Waals surface area contributed by atoms with Crippen molar-refractivity contribution in [3.8, 4) is 0 Å². The zero-order valence-corrected chi connectivity index (χ0v) is 16.6. The summed E-state index contributed by atoms with van der Waals surface area (Å²) < 4.78 is 0. The largest absolute Gasteiger partial charge is 0.393 e. The number of hydrogen-bond acceptors (Lipinski definition) is 4. The van der Waals surface area contributed by atoms with Crippen molar-refractivity contribution in [2.75, 3.05) is 19.6 Å². The molecule has 146 valence electrons. The second-order valence-electron chi connectivity index (χ2n) is 7.26. The number of halogens is 2. The molecule has 1 atom stereocenters. The van der Waals surface area contributed by atoms with Crippen LogP contribution in [0.1, 0.15) is 30.4 Å². The average Bonchev–Trinajstić information content (AvgIpc) is 2.64. The van der Waals surface area contributed by atoms with E-state index in [2.05, 4.69) is 4.90 Å². The van der Waals surface area contributed by atoms with Crippen molar-refractivity contribution in [3.63, 3.8) is 0 Å². The van der Waals surface area contributed by atoms with E-state index in [0.29, 0.717) is 40.6 Å². The van der Waals surface area contributed by atoms with Crippen LogP contribution in [0.25, 0.3) is 0 Å². The molecule has 0 saturated carbocycles. The molecule has 1 heterocycles. The monoisotopic (exact) mass is 409 g/mol. The minimum Gasteiger partial charge on any atom is -0.393 e. The Balaban J connectivity index is 1.81. The first-order chi connectivity index (χ1) is 12.9. The first-order valence-corrected chi connectivity index (χ1v) is 9.95. The van der Waals surface area contributed by atoms with E-state index in [-0.39, 0.29) is 12.5 Å². The van der Waals surface area contributed by atoms with E-state index < -0.39 is 11.7 Å². The molecule has 27 heavy (non-hydrogen) atoms. The minimum atomic E-state index is -1.36. The van der Waals surface area contributed by atoms with Gasteiger partial charge >= 0.3 is 0 Å². The van der Waals surface area contributed by atoms with Gasteiger partial charge in [-0.05, 0) is 48.2 Å². The fraction of sp³-hybridized carbons (Fsp3) is 0.429. The van der Waals surface area contributed by atoms with E-state index in [9.17, 15) is 15.3 Å². The Morgan fingerprint density at radius 2 is 1.37 bits per heavy atom. The molecule has 4 nitrogen and oxygen atoms in total. The van der Waals surface area contributed by atoms with E-state index in [0.717, 1.165) is 13.1 Å². The van der Waals surface area contributed by atoms with E-state index in [1.807, 2.05) is 0 Å². The summed E-state index contributed by atoms with van der Waals surface area (Å²) in [7, 11) is 0. The number of piperidine rings is 1. The number of rotatable bonds is 6. The molecule has 1 unspecified atom stereocenters. The second kappa shape index (κ2) is 8.91. The molecule has 0 aliphatic carbocycles. The van der Waals surface area contributed by atoms with E-state index in [4.69, 9.17) is 23.2 Å². The lowest BCUT2D eigenvalue weighted by atomic mass is 9.81. The van der Waals surface area contributed by atoms with Crippen LogP contribution in [0.4, 0.5) is 0 Å². The highest BCUT2D eigenvalue weighted by Gasteiger charge is 2.35. The second-order valence-corrected chi connectivity index (χ2v) is 8.14. The van der Waals surface area contributed by atoms with Crippen LogP contribution >= 0.6 is 23.2 Å². The molecule has 0 radical (unpaired) electrons. The highest BCUT2D eigenvalue weighted by Crippen LogP contribution is 2.35. The lowest BCUT2D eigenvalue weighted by Crippen LogP contribution is -2.43. The Labute approximate surface area is 170 Å². The predicted octanol–water partition coefficient (Wildman–Crippen LogP) is 3.44. The number of aliphatic hydroxyl groups excluding tert-OH is 2. The summed E-state index contributed by atoms with van der Waals surface area (Å²) in [6.07, 6.45) is 0.599. The quantitative estimate of drug-likeness (QED) is 0.683. The molecular weight excluding hydrogens is 385 g/mol. The van der Waals surface area contributed by atoms with Gasteiger partial charge < -0.3 is 20.2 Å². The molecule has 1 fully saturated rings. The first-order valence-electron chi connectivity index (χ1n) is 9.20. The molecule has 2 aromatic carbocycles. The van der Waals surface area contributed by atoms with Gasteiger partial charge in [-0.1, -0.05) is 47.5 Å². The lowest BCUT2D eigenvalue weighted by Gasteiger charge is -2.35. The van der Waals surface area contributed by atoms with Crippen molar-refractivity contribution in [2.24, 2.45) is 0 Å². The number of hydrogen-bond donors (Lipinski definition) is 3. The van der Waals surface area contributed by atoms with Gasteiger partial charge in [0.2, 0.25) is 0 Å². The van der Waals surface area contributed by atoms with Gasteiger partial charge in [0.15, 0.2) is 0 Å². The fourth-order valence-electron chi connectivity index (χ4n) is 3.66. The van der Waals surface area contributed by atoms with Crippen LogP contribution < -0.4 is 0 Å². The maximum absolute atomic E-state index is 11.6. The zero-order chi connectivity index (χ0) is 19.4. The highest BCUT2D eigenvalue weighted by atomic mass is 35.5. The smallest absolute Gasteiger partial charge is 0.117 e. The molecular formula is C21H25Cl2NO3. The van der Waals surface area contributed by atoms with Crippen molar-refractivity contribution >= 4 is 23.2 Å². The SMILES string of the molecule is OC1CCN(CC(O)CC(O)(c2ccc(Cl)cc2)c2ccc(Cl)cc2)CC1. The Kier molecular flexibility index (Phi) is 6.79. The van der Waals surface area contributed by atoms with E-state index >= 15 is 0 Å². The Morgan fingerprint density at radius 3 is 1.81 bits per heavy atom. The standard InChI is InChI=1S/C21H25Cl2NO3/c22-17-5-1-15(2-6-17)21(27,16-3-7-18(23)8-4-16)13-20(26)14-24-11-9-19(25)10-12-24/h1-8,19-20,25-27H,9-14H2. The molecule has 3 N–H and O–H groups in total. The van der Waals surface area contributed by atoms with Gasteiger partial charge in [-0.2, -0.15) is 0 Å². The van der Waals surface area contributed by atoms with Crippen molar-refractivity contribution < 1.29 is 15.3 Å². The molecule has 2 aromatic rings. The third-order valence-electron chi connectivity index (χ3n) is 5.20. The summed E-state index contributed by atoms with van der Waals surface area (Å²) in [5.41, 5.74) is -0.0196. The van der Waals surface area contributed by atoms with Gasteiger partial charge in [0, 0.05) is 36.1 Å². The van der Waals surface area contributed by atoms with Crippen LogP contribution in [0.15, 0.2) is 48.5 Å². The summed E-state index contributed by atoms with van der Waals surface area (Å²) in [6.45, 7) is 1.95. The Morgan fingerprint density at radius 1 is 0.926 bits per heavy atom. The number of benzene rings is 2. The first kappa shape index (κ1) is 20.6. The number of likely N-dealkylation sites (tertiary alicyclic amines) is 1. The molecule has 1 aliphatic rings. The maximum Gasteiger partial charge on any atom is 0.117 e. The maximum atomic E-state index is 11.6. The van der Waals surface area contributed by atoms with Crippen LogP contribution in [-0.4, -0.2) is 52.1 Å². The Hall–Kier alpha value is -1.14. The highest BCUT2D eigenvalue weighted by molar-refractivity contribution is 6.30. The molecule has 0 bridgehead atoms. The topological polar surface area (TPSA) is 63.9 Å². The Bertz CT molecular complexity index is 683. The molecule has 6 heteroatoms. The molecule has 0 aromatic heterocycles. The number of β-amino-alcohol motifs (C(OH)–C–C–N with tert-alkyl or cyclic N) is 1. The van der Waals surface area contributed by atoms with Crippen LogP contribution in [-0.2, 0) is 5.60 Å². The summed E-state index contributed by atoms with van der Waals surface area (Å²) in [6, 6.07) is 14.0. The summed E-state index contributed by atoms with van der Waals surface area (Å²) >= 11 is 12.0. The summed E-state index contributed by atoms with van der Waals surface area (Å²) in [5.74, 6) is 0. The minimum absolute atomic E-state index is 0.148. The van der Waals surface area contributed by atoms with Crippen LogP contribution in [0.2, 0.25) is 10.0 Å². The zero-order valence-electron chi connectivity index (χ0n) is 15.1. The number of aliphatic hydroxyl groups is 3. The van der Waals surface area contributed by atoms with Gasteiger partial charge in [0.1, 0.15) is 5.60 Å². The van der Waals surface area contributed by atoms with Crippen molar-refractivity contribution in [2.45, 2.75) is 37.1 Å². The summed E-state index contributed by atoms with van der Waals surface area (Å²) in [4.78, 5) is 2.13. The molecule has 1 saturated heterocycles. The molecule has 0 spiro atoms. The molecule has 1 aliphatic heterocycles. The van der Waals surface area contributed by atoms with Crippen molar-refractivity contribution in [1.82, 2.24) is 4.90 Å². The van der Waals surface area contributed by atoms with Crippen LogP contribution in [0.5, 0.6) is 0 Å². The van der Waals surface area contributed by atoms with Gasteiger partial charge in [-0.25, -0.2) is 0 Å². The van der Waals surface area contributed by atoms with Crippen molar-refractivity contribution in [1.29, 1.82) is 0 Å². The predicted molar refractivity (Wildman–Crippen MR) is 108 cm³/mol. The molecule has 3 rings (SSSR count). The van der Waals surface area contributed by atoms with Gasteiger partial charge in [0.25, 0.3) is 0 Å². The fourth-order valence-corrected chi connectivity index (χ4v) is 3.91. The third-order valence-corrected chi connectivity index (χ3v) is 5.70. The lowest BCUT2D eigenvalue weighted by molar-refractivity contribution is -0.00528. The number of nitrogens with zero attached hydrogens (tertiary/aromatic N) is 1. The van der Waals surface area contributed by atoms with E-state index in [1.165, 1.54) is 0 Å². The van der Waals surface area contributed by atoms with E-state index in [1.54, 1.807) is 48.5 Å². The normalized spacial score (nSPS) is 17.8. The van der Waals surface area contributed by atoms with Gasteiger partial charge in [0.05, 0.1) is 12.2 Å².